The van der Waals surface area contributed by atoms with Crippen molar-refractivity contribution in [2.24, 2.45) is 0 Å². The summed E-state index contributed by atoms with van der Waals surface area (Å²) in [6.07, 6.45) is 0.291. The molecule has 1 atom stereocenters. The first-order valence-electron chi connectivity index (χ1n) is 3.08. The number of ether oxygens (including phenoxy) is 1. The van der Waals surface area contributed by atoms with Gasteiger partial charge in [-0.2, -0.15) is 0 Å². The number of hydrogen-bond donors (Lipinski definition) is 1. The number of methoxy groups -OCH3 is 1. The summed E-state index contributed by atoms with van der Waals surface area (Å²) in [6, 6.07) is 0. The zero-order valence-corrected chi connectivity index (χ0v) is 6.26. The number of rotatable bonds is 4. The maximum Gasteiger partial charge on any atom is 0.333 e. The molecular weight excluding hydrogens is 132 g/mol. The van der Waals surface area contributed by atoms with Gasteiger partial charge < -0.3 is 9.84 Å². The fourth-order valence-corrected chi connectivity index (χ4v) is 0.693. The summed E-state index contributed by atoms with van der Waals surface area (Å²) in [6.45, 7) is 5.22. The largest absolute Gasteiger partial charge is 0.478 e. The lowest BCUT2D eigenvalue weighted by atomic mass is 10.1. The average molecular weight is 144 g/mol. The third-order valence-electron chi connectivity index (χ3n) is 1.32. The van der Waals surface area contributed by atoms with E-state index in [0.29, 0.717) is 6.42 Å². The first-order chi connectivity index (χ1) is 4.63. The molecule has 0 aromatic rings. The van der Waals surface area contributed by atoms with E-state index in [1.807, 2.05) is 6.92 Å². The Hall–Kier alpha value is -0.830. The minimum Gasteiger partial charge on any atom is -0.478 e. The van der Waals surface area contributed by atoms with E-state index >= 15 is 0 Å². The Morgan fingerprint density at radius 2 is 2.30 bits per heavy atom. The molecule has 0 rings (SSSR count). The van der Waals surface area contributed by atoms with Crippen LogP contribution in [-0.2, 0) is 9.53 Å². The summed E-state index contributed by atoms with van der Waals surface area (Å²) in [5.74, 6) is -0.992. The van der Waals surface area contributed by atoms with E-state index in [2.05, 4.69) is 6.58 Å². The lowest BCUT2D eigenvalue weighted by Crippen LogP contribution is -2.17. The molecule has 0 saturated heterocycles. The first kappa shape index (κ1) is 9.17. The van der Waals surface area contributed by atoms with E-state index in [9.17, 15) is 4.79 Å². The fourth-order valence-electron chi connectivity index (χ4n) is 0.693. The number of carboxylic acids is 1. The summed E-state index contributed by atoms with van der Waals surface area (Å²) >= 11 is 0. The van der Waals surface area contributed by atoms with Gasteiger partial charge in [-0.05, 0) is 6.42 Å². The molecule has 0 aliphatic heterocycles. The molecule has 0 fully saturated rings. The van der Waals surface area contributed by atoms with Gasteiger partial charge in [0.15, 0.2) is 0 Å². The van der Waals surface area contributed by atoms with Crippen molar-refractivity contribution in [3.8, 4) is 0 Å². The number of aliphatic carboxylic acids is 1. The minimum absolute atomic E-state index is 0.116. The minimum atomic E-state index is -0.992. The third-order valence-corrected chi connectivity index (χ3v) is 1.32. The number of carboxylic acid groups (broad SMARTS) is 1. The SMILES string of the molecule is C=C(C(=O)O)C(CC)OC. The standard InChI is InChI=1S/C7H12O3/c1-4-6(10-3)5(2)7(8)9/h6H,2,4H2,1,3H3,(H,8,9). The molecule has 0 spiro atoms. The smallest absolute Gasteiger partial charge is 0.333 e. The van der Waals surface area contributed by atoms with E-state index in [1.54, 1.807) is 0 Å². The van der Waals surface area contributed by atoms with Crippen LogP contribution in [-0.4, -0.2) is 24.3 Å². The van der Waals surface area contributed by atoms with E-state index in [1.165, 1.54) is 7.11 Å². The van der Waals surface area contributed by atoms with Gasteiger partial charge in [0.2, 0.25) is 0 Å². The molecular formula is C7H12O3. The van der Waals surface area contributed by atoms with E-state index in [-0.39, 0.29) is 11.7 Å². The predicted molar refractivity (Wildman–Crippen MR) is 37.9 cm³/mol. The Labute approximate surface area is 60.3 Å². The molecule has 0 heterocycles. The van der Waals surface area contributed by atoms with Gasteiger partial charge in [-0.3, -0.25) is 0 Å². The molecule has 0 aromatic carbocycles. The summed E-state index contributed by atoms with van der Waals surface area (Å²) in [5.41, 5.74) is 0.116. The molecule has 0 aromatic heterocycles. The highest BCUT2D eigenvalue weighted by molar-refractivity contribution is 5.86. The van der Waals surface area contributed by atoms with E-state index in [4.69, 9.17) is 9.84 Å². The van der Waals surface area contributed by atoms with Crippen molar-refractivity contribution >= 4 is 5.97 Å². The molecule has 10 heavy (non-hydrogen) atoms. The van der Waals surface area contributed by atoms with Crippen molar-refractivity contribution in [2.45, 2.75) is 19.4 Å². The molecule has 1 unspecified atom stereocenters. The van der Waals surface area contributed by atoms with Crippen LogP contribution in [0.2, 0.25) is 0 Å². The Kier molecular flexibility index (Phi) is 3.72. The van der Waals surface area contributed by atoms with Crippen LogP contribution >= 0.6 is 0 Å². The predicted octanol–water partition coefficient (Wildman–Crippen LogP) is 1.05. The molecule has 0 radical (unpaired) electrons. The molecule has 1 N–H and O–H groups in total. The van der Waals surface area contributed by atoms with Crippen molar-refractivity contribution < 1.29 is 14.6 Å². The van der Waals surface area contributed by atoms with E-state index in [0.717, 1.165) is 0 Å². The van der Waals surface area contributed by atoms with Crippen molar-refractivity contribution in [1.82, 2.24) is 0 Å². The number of carbonyl (C=O) groups is 1. The van der Waals surface area contributed by atoms with E-state index < -0.39 is 5.97 Å². The lowest BCUT2D eigenvalue weighted by Gasteiger charge is -2.11. The average Bonchev–Trinajstić information content (AvgIpc) is 1.90. The van der Waals surface area contributed by atoms with Crippen LogP contribution in [0, 0.1) is 0 Å². The summed E-state index contributed by atoms with van der Waals surface area (Å²) in [7, 11) is 1.47. The molecule has 0 amide bonds. The van der Waals surface area contributed by atoms with Gasteiger partial charge >= 0.3 is 5.97 Å². The summed E-state index contributed by atoms with van der Waals surface area (Å²) in [5, 5.41) is 8.44. The van der Waals surface area contributed by atoms with Crippen LogP contribution in [0.1, 0.15) is 13.3 Å². The van der Waals surface area contributed by atoms with Gasteiger partial charge in [-0.15, -0.1) is 0 Å². The summed E-state index contributed by atoms with van der Waals surface area (Å²) < 4.78 is 4.84. The van der Waals surface area contributed by atoms with Crippen molar-refractivity contribution in [2.75, 3.05) is 7.11 Å². The highest BCUT2D eigenvalue weighted by Gasteiger charge is 2.14. The second kappa shape index (κ2) is 4.06. The quantitative estimate of drug-likeness (QED) is 0.600. The molecule has 3 heteroatoms. The van der Waals surface area contributed by atoms with Crippen molar-refractivity contribution in [3.05, 3.63) is 12.2 Å². The van der Waals surface area contributed by atoms with Gasteiger partial charge in [0, 0.05) is 7.11 Å². The second-order valence-electron chi connectivity index (χ2n) is 1.96. The second-order valence-corrected chi connectivity index (χ2v) is 1.96. The Balaban J connectivity index is 4.02. The molecule has 0 aliphatic carbocycles. The maximum absolute atomic E-state index is 10.3. The summed E-state index contributed by atoms with van der Waals surface area (Å²) in [4.78, 5) is 10.3. The van der Waals surface area contributed by atoms with Gasteiger partial charge in [-0.1, -0.05) is 13.5 Å². The van der Waals surface area contributed by atoms with Crippen molar-refractivity contribution in [1.29, 1.82) is 0 Å². The Morgan fingerprint density at radius 1 is 1.80 bits per heavy atom. The first-order valence-corrected chi connectivity index (χ1v) is 3.08. The van der Waals surface area contributed by atoms with Gasteiger partial charge in [-0.25, -0.2) is 4.79 Å². The molecule has 58 valence electrons. The molecule has 3 nitrogen and oxygen atoms in total. The Bertz CT molecular complexity index is 136. The van der Waals surface area contributed by atoms with Crippen LogP contribution in [0.15, 0.2) is 12.2 Å². The zero-order valence-electron chi connectivity index (χ0n) is 6.26. The fraction of sp³-hybridized carbons (Fsp3) is 0.571. The third kappa shape index (κ3) is 2.19. The topological polar surface area (TPSA) is 46.5 Å². The molecule has 0 bridgehead atoms. The van der Waals surface area contributed by atoms with Crippen LogP contribution in [0.4, 0.5) is 0 Å². The van der Waals surface area contributed by atoms with Crippen LogP contribution in [0.3, 0.4) is 0 Å². The lowest BCUT2D eigenvalue weighted by molar-refractivity contribution is -0.134. The van der Waals surface area contributed by atoms with Gasteiger partial charge in [0.1, 0.15) is 0 Å². The highest BCUT2D eigenvalue weighted by Crippen LogP contribution is 2.06. The zero-order chi connectivity index (χ0) is 8.15. The number of hydrogen-bond acceptors (Lipinski definition) is 2. The van der Waals surface area contributed by atoms with Crippen LogP contribution in [0.25, 0.3) is 0 Å². The van der Waals surface area contributed by atoms with Gasteiger partial charge in [0.25, 0.3) is 0 Å². The maximum atomic E-state index is 10.3. The molecule has 0 aliphatic rings. The van der Waals surface area contributed by atoms with Crippen LogP contribution < -0.4 is 0 Å². The normalized spacial score (nSPS) is 12.6. The van der Waals surface area contributed by atoms with Crippen molar-refractivity contribution in [3.63, 3.8) is 0 Å². The molecule has 0 saturated carbocycles. The van der Waals surface area contributed by atoms with Crippen LogP contribution in [0.5, 0.6) is 0 Å². The Morgan fingerprint density at radius 3 is 2.40 bits per heavy atom. The highest BCUT2D eigenvalue weighted by atomic mass is 16.5. The van der Waals surface area contributed by atoms with Gasteiger partial charge in [0.05, 0.1) is 11.7 Å². The monoisotopic (exact) mass is 144 g/mol.